The third-order valence-electron chi connectivity index (χ3n) is 2.30. The number of nitrogens with zero attached hydrogens (tertiary/aromatic N) is 1. The first kappa shape index (κ1) is 9.46. The van der Waals surface area contributed by atoms with Crippen molar-refractivity contribution < 1.29 is 14.6 Å². The zero-order chi connectivity index (χ0) is 9.19. The van der Waals surface area contributed by atoms with Gasteiger partial charge in [0.1, 0.15) is 6.10 Å². The molecular formula is C8H13NO3. The zero-order valence-electron chi connectivity index (χ0n) is 7.28. The van der Waals surface area contributed by atoms with E-state index in [0.29, 0.717) is 0 Å². The normalized spacial score (nSPS) is 21.9. The van der Waals surface area contributed by atoms with Crippen LogP contribution in [0.5, 0.6) is 0 Å². The Bertz CT molecular complexity index is 191. The van der Waals surface area contributed by atoms with Gasteiger partial charge >= 0.3 is 0 Å². The van der Waals surface area contributed by atoms with E-state index in [0.717, 1.165) is 12.8 Å². The van der Waals surface area contributed by atoms with Gasteiger partial charge in [0.05, 0.1) is 11.5 Å². The molecule has 1 aliphatic carbocycles. The molecule has 0 aromatic heterocycles. The van der Waals surface area contributed by atoms with Gasteiger partial charge in [-0.2, -0.15) is 5.26 Å². The molecule has 0 spiro atoms. The number of methoxy groups -OCH3 is 2. The van der Waals surface area contributed by atoms with E-state index in [1.165, 1.54) is 14.2 Å². The minimum absolute atomic E-state index is 0.614. The van der Waals surface area contributed by atoms with Crippen molar-refractivity contribution in [1.29, 1.82) is 5.26 Å². The van der Waals surface area contributed by atoms with Gasteiger partial charge in [0.25, 0.3) is 0 Å². The van der Waals surface area contributed by atoms with Crippen molar-refractivity contribution in [2.45, 2.75) is 25.2 Å². The Kier molecular flexibility index (Phi) is 2.68. The van der Waals surface area contributed by atoms with Crippen LogP contribution >= 0.6 is 0 Å². The van der Waals surface area contributed by atoms with Crippen molar-refractivity contribution in [3.05, 3.63) is 0 Å². The van der Waals surface area contributed by atoms with Crippen molar-refractivity contribution in [3.63, 3.8) is 0 Å². The first-order valence-corrected chi connectivity index (χ1v) is 3.85. The van der Waals surface area contributed by atoms with Crippen molar-refractivity contribution in [2.24, 2.45) is 5.41 Å². The maximum atomic E-state index is 9.63. The van der Waals surface area contributed by atoms with E-state index in [1.807, 2.05) is 0 Å². The highest BCUT2D eigenvalue weighted by atomic mass is 16.7. The average molecular weight is 171 g/mol. The highest BCUT2D eigenvalue weighted by Gasteiger charge is 2.53. The largest absolute Gasteiger partial charge is 0.386 e. The summed E-state index contributed by atoms with van der Waals surface area (Å²) in [7, 11) is 2.90. The van der Waals surface area contributed by atoms with Crippen LogP contribution in [-0.4, -0.2) is 31.7 Å². The van der Waals surface area contributed by atoms with Gasteiger partial charge in [0, 0.05) is 14.2 Å². The van der Waals surface area contributed by atoms with E-state index >= 15 is 0 Å². The van der Waals surface area contributed by atoms with Crippen LogP contribution in [0.3, 0.4) is 0 Å². The Morgan fingerprint density at radius 3 is 2.17 bits per heavy atom. The molecule has 0 amide bonds. The lowest BCUT2D eigenvalue weighted by molar-refractivity contribution is -0.176. The number of nitriles is 1. The van der Waals surface area contributed by atoms with Gasteiger partial charge in [-0.3, -0.25) is 0 Å². The third kappa shape index (κ3) is 1.44. The molecule has 1 N–H and O–H groups in total. The van der Waals surface area contributed by atoms with Crippen LogP contribution in [0.1, 0.15) is 12.8 Å². The van der Waals surface area contributed by atoms with Crippen LogP contribution in [-0.2, 0) is 9.47 Å². The Morgan fingerprint density at radius 2 is 1.92 bits per heavy atom. The highest BCUT2D eigenvalue weighted by Crippen LogP contribution is 2.49. The Hall–Kier alpha value is -0.630. The van der Waals surface area contributed by atoms with Gasteiger partial charge in [-0.05, 0) is 12.8 Å². The van der Waals surface area contributed by atoms with Gasteiger partial charge in [0.2, 0.25) is 0 Å². The molecule has 4 heteroatoms. The van der Waals surface area contributed by atoms with Crippen LogP contribution in [0.4, 0.5) is 0 Å². The quantitative estimate of drug-likeness (QED) is 0.617. The summed E-state index contributed by atoms with van der Waals surface area (Å²) in [4.78, 5) is 0. The first-order chi connectivity index (χ1) is 5.70. The van der Waals surface area contributed by atoms with Crippen LogP contribution in [0, 0.1) is 16.7 Å². The Labute approximate surface area is 71.7 Å². The molecule has 0 aliphatic heterocycles. The summed E-state index contributed by atoms with van der Waals surface area (Å²) in [6.45, 7) is 0. The number of aliphatic hydroxyl groups excluding tert-OH is 1. The van der Waals surface area contributed by atoms with E-state index in [-0.39, 0.29) is 0 Å². The summed E-state index contributed by atoms with van der Waals surface area (Å²) >= 11 is 0. The monoisotopic (exact) mass is 171 g/mol. The van der Waals surface area contributed by atoms with Crippen molar-refractivity contribution in [1.82, 2.24) is 0 Å². The lowest BCUT2D eigenvalue weighted by atomic mass is 10.0. The molecule has 0 aromatic carbocycles. The molecule has 1 saturated carbocycles. The van der Waals surface area contributed by atoms with Crippen molar-refractivity contribution in [3.8, 4) is 6.07 Å². The third-order valence-corrected chi connectivity index (χ3v) is 2.30. The fourth-order valence-electron chi connectivity index (χ4n) is 1.22. The predicted molar refractivity (Wildman–Crippen MR) is 41.1 cm³/mol. The second kappa shape index (κ2) is 3.40. The van der Waals surface area contributed by atoms with Crippen LogP contribution < -0.4 is 0 Å². The standard InChI is InChI=1S/C8H13NO3/c1-11-7(12-2)6(10)8(5-9)3-4-8/h6-7,10H,3-4H2,1-2H3. The van der Waals surface area contributed by atoms with Gasteiger partial charge in [0.15, 0.2) is 6.29 Å². The first-order valence-electron chi connectivity index (χ1n) is 3.85. The van der Waals surface area contributed by atoms with E-state index in [1.54, 1.807) is 0 Å². The summed E-state index contributed by atoms with van der Waals surface area (Å²) < 4.78 is 9.73. The highest BCUT2D eigenvalue weighted by molar-refractivity contribution is 5.14. The molecule has 68 valence electrons. The molecule has 1 rings (SSSR count). The Balaban J connectivity index is 2.57. The summed E-state index contributed by atoms with van der Waals surface area (Å²) in [5.74, 6) is 0. The van der Waals surface area contributed by atoms with Crippen LogP contribution in [0.2, 0.25) is 0 Å². The summed E-state index contributed by atoms with van der Waals surface area (Å²) in [5, 5.41) is 18.4. The molecule has 1 atom stereocenters. The number of ether oxygens (including phenoxy) is 2. The number of aliphatic hydroxyl groups is 1. The summed E-state index contributed by atoms with van der Waals surface area (Å²) in [5.41, 5.74) is -0.614. The second-order valence-electron chi connectivity index (χ2n) is 3.05. The van der Waals surface area contributed by atoms with Gasteiger partial charge in [-0.25, -0.2) is 0 Å². The van der Waals surface area contributed by atoms with Gasteiger partial charge in [-0.1, -0.05) is 0 Å². The van der Waals surface area contributed by atoms with Crippen molar-refractivity contribution in [2.75, 3.05) is 14.2 Å². The van der Waals surface area contributed by atoms with Crippen LogP contribution in [0.15, 0.2) is 0 Å². The van der Waals surface area contributed by atoms with Gasteiger partial charge in [-0.15, -0.1) is 0 Å². The molecule has 1 aliphatic rings. The van der Waals surface area contributed by atoms with Gasteiger partial charge < -0.3 is 14.6 Å². The van der Waals surface area contributed by atoms with E-state index in [9.17, 15) is 5.11 Å². The van der Waals surface area contributed by atoms with Crippen molar-refractivity contribution >= 4 is 0 Å². The lowest BCUT2D eigenvalue weighted by Gasteiger charge is -2.23. The molecule has 12 heavy (non-hydrogen) atoms. The fraction of sp³-hybridized carbons (Fsp3) is 0.875. The number of hydrogen-bond acceptors (Lipinski definition) is 4. The fourth-order valence-corrected chi connectivity index (χ4v) is 1.22. The maximum absolute atomic E-state index is 9.63. The number of hydrogen-bond donors (Lipinski definition) is 1. The Morgan fingerprint density at radius 1 is 1.42 bits per heavy atom. The van der Waals surface area contributed by atoms with Crippen LogP contribution in [0.25, 0.3) is 0 Å². The molecule has 1 fully saturated rings. The number of rotatable bonds is 4. The van der Waals surface area contributed by atoms with E-state index in [2.05, 4.69) is 6.07 Å². The SMILES string of the molecule is COC(OC)C(O)C1(C#N)CC1. The minimum Gasteiger partial charge on any atom is -0.386 e. The molecule has 0 heterocycles. The molecule has 0 radical (unpaired) electrons. The molecule has 0 bridgehead atoms. The van der Waals surface area contributed by atoms with E-state index in [4.69, 9.17) is 14.7 Å². The topological polar surface area (TPSA) is 62.5 Å². The molecule has 0 aromatic rings. The maximum Gasteiger partial charge on any atom is 0.184 e. The molecule has 0 saturated heterocycles. The predicted octanol–water partition coefficient (Wildman–Crippen LogP) is 0.270. The molecule has 4 nitrogen and oxygen atoms in total. The summed E-state index contributed by atoms with van der Waals surface area (Å²) in [6.07, 6.45) is -0.0634. The average Bonchev–Trinajstić information content (AvgIpc) is 2.86. The lowest BCUT2D eigenvalue weighted by Crippen LogP contribution is -2.36. The van der Waals surface area contributed by atoms with E-state index < -0.39 is 17.8 Å². The second-order valence-corrected chi connectivity index (χ2v) is 3.05. The zero-order valence-corrected chi connectivity index (χ0v) is 7.28. The molecule has 1 unspecified atom stereocenters. The smallest absolute Gasteiger partial charge is 0.184 e. The minimum atomic E-state index is -0.836. The molecular weight excluding hydrogens is 158 g/mol. The summed E-state index contributed by atoms with van der Waals surface area (Å²) in [6, 6.07) is 2.09.